The second-order valence-electron chi connectivity index (χ2n) is 5.14. The maximum absolute atomic E-state index is 2.75. The molecule has 0 aromatic heterocycles. The molecule has 1 aromatic rings. The lowest BCUT2D eigenvalue weighted by Gasteiger charge is -2.24. The van der Waals surface area contributed by atoms with E-state index in [0.29, 0.717) is 6.04 Å². The number of nitrogens with zero attached hydrogens (tertiary/aromatic N) is 1. The van der Waals surface area contributed by atoms with Gasteiger partial charge in [-0.1, -0.05) is 43.7 Å². The Morgan fingerprint density at radius 3 is 2.39 bits per heavy atom. The van der Waals surface area contributed by atoms with Crippen molar-refractivity contribution in [1.82, 2.24) is 10.2 Å². The van der Waals surface area contributed by atoms with Crippen LogP contribution < -0.4 is 5.32 Å². The summed E-state index contributed by atoms with van der Waals surface area (Å²) in [5, 5.41) is 2.75. The predicted octanol–water partition coefficient (Wildman–Crippen LogP) is 3.32. The molecule has 18 heavy (non-hydrogen) atoms. The highest BCUT2D eigenvalue weighted by atomic mass is 15.2. The van der Waals surface area contributed by atoms with Gasteiger partial charge in [0.15, 0.2) is 0 Å². The minimum absolute atomic E-state index is 0.586. The molecule has 2 nitrogen and oxygen atoms in total. The summed E-state index contributed by atoms with van der Waals surface area (Å²) in [4.78, 5) is 2.61. The number of hydrogen-bond donors (Lipinski definition) is 1. The Bertz CT molecular complexity index is 310. The average molecular weight is 248 g/mol. The van der Waals surface area contributed by atoms with Crippen molar-refractivity contribution in [3.8, 4) is 0 Å². The van der Waals surface area contributed by atoms with Crippen LogP contribution in [0, 0.1) is 5.92 Å². The molecule has 0 spiro atoms. The molecule has 0 aliphatic carbocycles. The summed E-state index contributed by atoms with van der Waals surface area (Å²) in [5.74, 6) is 0.927. The van der Waals surface area contributed by atoms with Gasteiger partial charge < -0.3 is 5.32 Å². The fourth-order valence-electron chi connectivity index (χ4n) is 2.49. The molecule has 1 fully saturated rings. The van der Waals surface area contributed by atoms with E-state index in [1.165, 1.54) is 31.5 Å². The largest absolute Gasteiger partial charge is 0.323 e. The van der Waals surface area contributed by atoms with Crippen molar-refractivity contribution >= 4 is 0 Å². The highest BCUT2D eigenvalue weighted by molar-refractivity contribution is 5.18. The van der Waals surface area contributed by atoms with E-state index in [-0.39, 0.29) is 0 Å². The van der Waals surface area contributed by atoms with Crippen LogP contribution in [0.1, 0.15) is 38.3 Å². The van der Waals surface area contributed by atoms with Crippen molar-refractivity contribution in [2.24, 2.45) is 5.92 Å². The first-order chi connectivity index (χ1) is 8.72. The molecule has 0 saturated carbocycles. The van der Waals surface area contributed by atoms with Gasteiger partial charge in [0.2, 0.25) is 0 Å². The number of hydrogen-bond acceptors (Lipinski definition) is 2. The van der Waals surface area contributed by atoms with E-state index in [9.17, 15) is 0 Å². The van der Waals surface area contributed by atoms with Crippen molar-refractivity contribution in [3.63, 3.8) is 0 Å². The van der Waals surface area contributed by atoms with Gasteiger partial charge in [-0.05, 0) is 45.5 Å². The molecule has 2 heteroatoms. The van der Waals surface area contributed by atoms with E-state index in [2.05, 4.69) is 54.4 Å². The van der Waals surface area contributed by atoms with E-state index >= 15 is 0 Å². The van der Waals surface area contributed by atoms with Gasteiger partial charge in [-0.2, -0.15) is 0 Å². The van der Waals surface area contributed by atoms with Crippen LogP contribution in [0.4, 0.5) is 0 Å². The van der Waals surface area contributed by atoms with Crippen LogP contribution in [-0.2, 0) is 0 Å². The van der Waals surface area contributed by atoms with E-state index in [1.807, 2.05) is 14.1 Å². The predicted molar refractivity (Wildman–Crippen MR) is 79.8 cm³/mol. The molecule has 0 radical (unpaired) electrons. The zero-order valence-corrected chi connectivity index (χ0v) is 12.3. The summed E-state index contributed by atoms with van der Waals surface area (Å²) in [6.07, 6.45) is 2.71. The van der Waals surface area contributed by atoms with Crippen molar-refractivity contribution in [1.29, 1.82) is 0 Å². The number of rotatable bonds is 3. The first-order valence-electron chi connectivity index (χ1n) is 7.10. The third-order valence-electron chi connectivity index (χ3n) is 3.72. The first kappa shape index (κ1) is 15.2. The molecule has 1 unspecified atom stereocenters. The molecule has 0 amide bonds. The molecule has 2 rings (SSSR count). The molecule has 0 bridgehead atoms. The van der Waals surface area contributed by atoms with E-state index in [0.717, 1.165) is 5.92 Å². The van der Waals surface area contributed by atoms with Gasteiger partial charge in [-0.25, -0.2) is 0 Å². The normalized spacial score (nSPS) is 21.2. The SMILES string of the molecule is CC[C@@H]1CCN(C(C)c2ccccc2)C1.CNC. The maximum atomic E-state index is 2.75. The van der Waals surface area contributed by atoms with Crippen molar-refractivity contribution in [2.45, 2.75) is 32.7 Å². The van der Waals surface area contributed by atoms with Crippen LogP contribution in [0.15, 0.2) is 30.3 Å². The molecular formula is C16H28N2. The van der Waals surface area contributed by atoms with Crippen LogP contribution >= 0.6 is 0 Å². The second-order valence-corrected chi connectivity index (χ2v) is 5.14. The Kier molecular flexibility index (Phi) is 6.99. The zero-order chi connectivity index (χ0) is 13.4. The lowest BCUT2D eigenvalue weighted by atomic mass is 10.1. The van der Waals surface area contributed by atoms with Crippen LogP contribution in [0.5, 0.6) is 0 Å². The minimum atomic E-state index is 0.586. The zero-order valence-electron chi connectivity index (χ0n) is 12.3. The van der Waals surface area contributed by atoms with Crippen LogP contribution in [0.2, 0.25) is 0 Å². The highest BCUT2D eigenvalue weighted by Crippen LogP contribution is 2.28. The third kappa shape index (κ3) is 4.43. The van der Waals surface area contributed by atoms with E-state index in [1.54, 1.807) is 0 Å². The summed E-state index contributed by atoms with van der Waals surface area (Å²) < 4.78 is 0. The summed E-state index contributed by atoms with van der Waals surface area (Å²) in [6, 6.07) is 11.4. The van der Waals surface area contributed by atoms with Gasteiger partial charge in [0.05, 0.1) is 0 Å². The summed E-state index contributed by atoms with van der Waals surface area (Å²) in [5.41, 5.74) is 1.45. The fraction of sp³-hybridized carbons (Fsp3) is 0.625. The van der Waals surface area contributed by atoms with Gasteiger partial charge in [-0.15, -0.1) is 0 Å². The molecular weight excluding hydrogens is 220 g/mol. The lowest BCUT2D eigenvalue weighted by molar-refractivity contribution is 0.252. The van der Waals surface area contributed by atoms with Crippen molar-refractivity contribution in [3.05, 3.63) is 35.9 Å². The van der Waals surface area contributed by atoms with Gasteiger partial charge in [0.25, 0.3) is 0 Å². The highest BCUT2D eigenvalue weighted by Gasteiger charge is 2.25. The van der Waals surface area contributed by atoms with Gasteiger partial charge in [0, 0.05) is 12.6 Å². The maximum Gasteiger partial charge on any atom is 0.0319 e. The first-order valence-corrected chi connectivity index (χ1v) is 7.10. The second kappa shape index (κ2) is 8.28. The third-order valence-corrected chi connectivity index (χ3v) is 3.72. The van der Waals surface area contributed by atoms with Crippen LogP contribution in [-0.4, -0.2) is 32.1 Å². The number of nitrogens with one attached hydrogen (secondary N) is 1. The molecule has 1 N–H and O–H groups in total. The summed E-state index contributed by atoms with van der Waals surface area (Å²) in [6.45, 7) is 7.19. The Hall–Kier alpha value is -0.860. The molecule has 1 aromatic carbocycles. The average Bonchev–Trinajstić information content (AvgIpc) is 2.88. The number of likely N-dealkylation sites (tertiary alicyclic amines) is 1. The van der Waals surface area contributed by atoms with E-state index < -0.39 is 0 Å². The fourth-order valence-corrected chi connectivity index (χ4v) is 2.49. The Morgan fingerprint density at radius 1 is 1.28 bits per heavy atom. The van der Waals surface area contributed by atoms with Gasteiger partial charge in [-0.3, -0.25) is 4.90 Å². The van der Waals surface area contributed by atoms with Crippen molar-refractivity contribution in [2.75, 3.05) is 27.2 Å². The Balaban J connectivity index is 0.000000492. The Labute approximate surface area is 112 Å². The lowest BCUT2D eigenvalue weighted by Crippen LogP contribution is -2.24. The van der Waals surface area contributed by atoms with E-state index in [4.69, 9.17) is 0 Å². The van der Waals surface area contributed by atoms with Crippen LogP contribution in [0.25, 0.3) is 0 Å². The molecule has 2 atom stereocenters. The quantitative estimate of drug-likeness (QED) is 0.883. The summed E-state index contributed by atoms with van der Waals surface area (Å²) >= 11 is 0. The van der Waals surface area contributed by atoms with Gasteiger partial charge >= 0.3 is 0 Å². The van der Waals surface area contributed by atoms with Crippen molar-refractivity contribution < 1.29 is 0 Å². The number of benzene rings is 1. The van der Waals surface area contributed by atoms with Gasteiger partial charge in [0.1, 0.15) is 0 Å². The summed E-state index contributed by atoms with van der Waals surface area (Å²) in [7, 11) is 3.75. The molecule has 1 saturated heterocycles. The van der Waals surface area contributed by atoms with Crippen LogP contribution in [0.3, 0.4) is 0 Å². The smallest absolute Gasteiger partial charge is 0.0319 e. The molecule has 1 aliphatic heterocycles. The monoisotopic (exact) mass is 248 g/mol. The molecule has 102 valence electrons. The molecule has 1 heterocycles. The Morgan fingerprint density at radius 2 is 1.89 bits per heavy atom. The topological polar surface area (TPSA) is 15.3 Å². The molecule has 1 aliphatic rings. The minimum Gasteiger partial charge on any atom is -0.323 e. The standard InChI is InChI=1S/C14H21N.C2H7N/c1-3-13-9-10-15(11-13)12(2)14-7-5-4-6-8-14;1-3-2/h4-8,12-13H,3,9-11H2,1-2H3;3H,1-2H3/t12?,13-;/m1./s1.